The van der Waals surface area contributed by atoms with Gasteiger partial charge in [0.25, 0.3) is 0 Å². The van der Waals surface area contributed by atoms with Crippen molar-refractivity contribution in [2.45, 2.75) is 6.54 Å². The summed E-state index contributed by atoms with van der Waals surface area (Å²) in [7, 11) is 1.77. The van der Waals surface area contributed by atoms with Crippen molar-refractivity contribution in [1.82, 2.24) is 9.47 Å². The van der Waals surface area contributed by atoms with Gasteiger partial charge in [0, 0.05) is 37.4 Å². The summed E-state index contributed by atoms with van der Waals surface area (Å²) in [5, 5.41) is 2.94. The number of amides is 2. The number of aromatic nitrogens is 1. The molecular formula is C21H21N3O3. The third kappa shape index (κ3) is 3.89. The maximum atomic E-state index is 12.6. The first kappa shape index (κ1) is 17.0. The molecule has 27 heavy (non-hydrogen) atoms. The van der Waals surface area contributed by atoms with E-state index in [2.05, 4.69) is 5.32 Å². The highest BCUT2D eigenvalue weighted by Crippen LogP contribution is 2.31. The summed E-state index contributed by atoms with van der Waals surface area (Å²) in [4.78, 5) is 14.2. The molecule has 0 radical (unpaired) electrons. The van der Waals surface area contributed by atoms with Crippen molar-refractivity contribution in [3.8, 4) is 17.2 Å². The monoisotopic (exact) mass is 363 g/mol. The Bertz CT molecular complexity index is 938. The van der Waals surface area contributed by atoms with Crippen LogP contribution in [0.4, 0.5) is 10.5 Å². The summed E-state index contributed by atoms with van der Waals surface area (Å²) in [6.07, 6.45) is 3.93. The fourth-order valence-corrected chi connectivity index (χ4v) is 3.00. The topological polar surface area (TPSA) is 55.7 Å². The van der Waals surface area contributed by atoms with E-state index in [0.29, 0.717) is 19.8 Å². The van der Waals surface area contributed by atoms with Gasteiger partial charge in [-0.2, -0.15) is 0 Å². The van der Waals surface area contributed by atoms with Crippen molar-refractivity contribution in [3.05, 3.63) is 72.6 Å². The van der Waals surface area contributed by atoms with Crippen LogP contribution >= 0.6 is 0 Å². The zero-order chi connectivity index (χ0) is 18.6. The zero-order valence-electron chi connectivity index (χ0n) is 15.1. The van der Waals surface area contributed by atoms with Crippen molar-refractivity contribution in [3.63, 3.8) is 0 Å². The summed E-state index contributed by atoms with van der Waals surface area (Å²) in [6.45, 7) is 1.58. The predicted octanol–water partition coefficient (Wildman–Crippen LogP) is 3.91. The van der Waals surface area contributed by atoms with E-state index in [1.807, 2.05) is 71.6 Å². The second-order valence-corrected chi connectivity index (χ2v) is 6.40. The van der Waals surface area contributed by atoms with Crippen LogP contribution in [0.1, 0.15) is 5.56 Å². The molecule has 1 aliphatic heterocycles. The number of fused-ring (bicyclic) bond motifs is 1. The third-order valence-corrected chi connectivity index (χ3v) is 4.37. The summed E-state index contributed by atoms with van der Waals surface area (Å²) < 4.78 is 13.1. The first-order valence-electron chi connectivity index (χ1n) is 8.83. The molecule has 2 heterocycles. The van der Waals surface area contributed by atoms with Gasteiger partial charge in [-0.25, -0.2) is 4.79 Å². The fraction of sp³-hybridized carbons (Fsp3) is 0.190. The van der Waals surface area contributed by atoms with Crippen LogP contribution in [0, 0.1) is 0 Å². The number of carbonyl (C=O) groups excluding carboxylic acids is 1. The molecule has 6 nitrogen and oxygen atoms in total. The van der Waals surface area contributed by atoms with Gasteiger partial charge < -0.3 is 24.3 Å². The number of hydrogen-bond donors (Lipinski definition) is 1. The van der Waals surface area contributed by atoms with E-state index in [4.69, 9.17) is 9.47 Å². The first-order chi connectivity index (χ1) is 13.2. The van der Waals surface area contributed by atoms with E-state index in [0.717, 1.165) is 28.4 Å². The Morgan fingerprint density at radius 1 is 1.04 bits per heavy atom. The summed E-state index contributed by atoms with van der Waals surface area (Å²) in [5.74, 6) is 1.48. The number of anilines is 1. The van der Waals surface area contributed by atoms with E-state index in [-0.39, 0.29) is 6.03 Å². The van der Waals surface area contributed by atoms with Crippen LogP contribution in [-0.4, -0.2) is 35.8 Å². The second-order valence-electron chi connectivity index (χ2n) is 6.40. The lowest BCUT2D eigenvalue weighted by molar-refractivity contribution is 0.171. The van der Waals surface area contributed by atoms with Crippen LogP contribution < -0.4 is 14.8 Å². The lowest BCUT2D eigenvalue weighted by Gasteiger charge is -2.21. The number of hydrogen-bond acceptors (Lipinski definition) is 3. The van der Waals surface area contributed by atoms with Crippen molar-refractivity contribution < 1.29 is 14.3 Å². The predicted molar refractivity (Wildman–Crippen MR) is 104 cm³/mol. The van der Waals surface area contributed by atoms with Gasteiger partial charge in [0.15, 0.2) is 11.5 Å². The Labute approximate surface area is 157 Å². The van der Waals surface area contributed by atoms with E-state index in [1.54, 1.807) is 11.9 Å². The highest BCUT2D eigenvalue weighted by atomic mass is 16.6. The molecule has 0 unspecified atom stereocenters. The second kappa shape index (κ2) is 7.45. The number of urea groups is 1. The molecule has 3 aromatic rings. The van der Waals surface area contributed by atoms with Gasteiger partial charge in [-0.15, -0.1) is 0 Å². The van der Waals surface area contributed by atoms with Gasteiger partial charge in [-0.05, 0) is 48.0 Å². The maximum Gasteiger partial charge on any atom is 0.321 e. The van der Waals surface area contributed by atoms with Crippen LogP contribution in [0.5, 0.6) is 11.5 Å². The van der Waals surface area contributed by atoms with Crippen molar-refractivity contribution in [1.29, 1.82) is 0 Å². The van der Waals surface area contributed by atoms with Gasteiger partial charge in [-0.1, -0.05) is 12.1 Å². The number of nitrogens with one attached hydrogen (secondary N) is 1. The molecule has 0 bridgehead atoms. The largest absolute Gasteiger partial charge is 0.486 e. The molecule has 0 saturated carbocycles. The van der Waals surface area contributed by atoms with Crippen molar-refractivity contribution in [2.24, 2.45) is 0 Å². The standard InChI is InChI=1S/C21H21N3O3/c1-23(15-16-7-8-19-20(13-16)27-12-11-26-19)21(25)22-17-5-4-6-18(14-17)24-9-2-3-10-24/h2-10,13-14H,11-12,15H2,1H3,(H,22,25). The molecule has 138 valence electrons. The molecule has 4 rings (SSSR count). The fourth-order valence-electron chi connectivity index (χ4n) is 3.00. The molecule has 1 aromatic heterocycles. The number of nitrogens with zero attached hydrogens (tertiary/aromatic N) is 2. The molecule has 6 heteroatoms. The minimum Gasteiger partial charge on any atom is -0.486 e. The molecule has 0 saturated heterocycles. The summed E-state index contributed by atoms with van der Waals surface area (Å²) in [5.41, 5.74) is 2.73. The van der Waals surface area contributed by atoms with Gasteiger partial charge in [0.1, 0.15) is 13.2 Å². The molecular weight excluding hydrogens is 342 g/mol. The molecule has 0 spiro atoms. The number of carbonyl (C=O) groups is 1. The highest BCUT2D eigenvalue weighted by Gasteiger charge is 2.14. The smallest absolute Gasteiger partial charge is 0.321 e. The maximum absolute atomic E-state index is 12.6. The first-order valence-corrected chi connectivity index (χ1v) is 8.83. The van der Waals surface area contributed by atoms with Crippen LogP contribution in [0.15, 0.2) is 67.0 Å². The molecule has 1 N–H and O–H groups in total. The van der Waals surface area contributed by atoms with Crippen molar-refractivity contribution >= 4 is 11.7 Å². The van der Waals surface area contributed by atoms with Gasteiger partial charge in [0.05, 0.1) is 0 Å². The van der Waals surface area contributed by atoms with Gasteiger partial charge >= 0.3 is 6.03 Å². The SMILES string of the molecule is CN(Cc1ccc2c(c1)OCCO2)C(=O)Nc1cccc(-n2cccc2)c1. The van der Waals surface area contributed by atoms with Gasteiger partial charge in [-0.3, -0.25) is 0 Å². The van der Waals surface area contributed by atoms with E-state index in [9.17, 15) is 4.79 Å². The minimum absolute atomic E-state index is 0.172. The lowest BCUT2D eigenvalue weighted by atomic mass is 10.2. The van der Waals surface area contributed by atoms with E-state index < -0.39 is 0 Å². The minimum atomic E-state index is -0.172. The Hall–Kier alpha value is -3.41. The quantitative estimate of drug-likeness (QED) is 0.765. The molecule has 0 atom stereocenters. The Morgan fingerprint density at radius 2 is 1.81 bits per heavy atom. The Kier molecular flexibility index (Phi) is 4.70. The number of ether oxygens (including phenoxy) is 2. The Balaban J connectivity index is 1.42. The highest BCUT2D eigenvalue weighted by molar-refractivity contribution is 5.89. The summed E-state index contributed by atoms with van der Waals surface area (Å²) >= 11 is 0. The van der Waals surface area contributed by atoms with E-state index in [1.165, 1.54) is 0 Å². The van der Waals surface area contributed by atoms with Crippen molar-refractivity contribution in [2.75, 3.05) is 25.6 Å². The average molecular weight is 363 g/mol. The van der Waals surface area contributed by atoms with Crippen LogP contribution in [-0.2, 0) is 6.54 Å². The molecule has 2 amide bonds. The molecule has 0 fully saturated rings. The van der Waals surface area contributed by atoms with Crippen LogP contribution in [0.25, 0.3) is 5.69 Å². The molecule has 2 aromatic carbocycles. The normalized spacial score (nSPS) is 12.5. The zero-order valence-corrected chi connectivity index (χ0v) is 15.1. The third-order valence-electron chi connectivity index (χ3n) is 4.37. The average Bonchev–Trinajstić information content (AvgIpc) is 3.23. The lowest BCUT2D eigenvalue weighted by Crippen LogP contribution is -2.30. The van der Waals surface area contributed by atoms with Gasteiger partial charge in [0.2, 0.25) is 0 Å². The molecule has 1 aliphatic rings. The Morgan fingerprint density at radius 3 is 2.63 bits per heavy atom. The molecule has 0 aliphatic carbocycles. The van der Waals surface area contributed by atoms with E-state index >= 15 is 0 Å². The number of rotatable bonds is 4. The van der Waals surface area contributed by atoms with Crippen LogP contribution in [0.3, 0.4) is 0 Å². The number of benzene rings is 2. The van der Waals surface area contributed by atoms with Crippen LogP contribution in [0.2, 0.25) is 0 Å². The summed E-state index contributed by atoms with van der Waals surface area (Å²) in [6, 6.07) is 17.2.